The van der Waals surface area contributed by atoms with Crippen molar-refractivity contribution in [2.45, 2.75) is 31.0 Å². The molecular weight excluding hydrogens is 349 g/mol. The fourth-order valence-corrected chi connectivity index (χ4v) is 3.65. The number of nitriles is 1. The molecule has 0 saturated heterocycles. The second-order valence-electron chi connectivity index (χ2n) is 5.85. The minimum atomic E-state index is -4.49. The summed E-state index contributed by atoms with van der Waals surface area (Å²) in [6.45, 7) is 0. The predicted molar refractivity (Wildman–Crippen MR) is 71.2 cm³/mol. The van der Waals surface area contributed by atoms with Crippen LogP contribution in [0.5, 0.6) is 0 Å². The van der Waals surface area contributed by atoms with Gasteiger partial charge in [-0.25, -0.2) is 0 Å². The number of amides is 1. The van der Waals surface area contributed by atoms with Crippen LogP contribution in [0.3, 0.4) is 0 Å². The Morgan fingerprint density at radius 3 is 2.48 bits per heavy atom. The summed E-state index contributed by atoms with van der Waals surface area (Å²) < 4.78 is 38.4. The summed E-state index contributed by atoms with van der Waals surface area (Å²) in [6, 6.07) is 5.19. The molecule has 1 amide bonds. The summed E-state index contributed by atoms with van der Waals surface area (Å²) in [5, 5.41) is 11.7. The first-order chi connectivity index (χ1) is 9.69. The summed E-state index contributed by atoms with van der Waals surface area (Å²) in [5.74, 6) is -0.542. The van der Waals surface area contributed by atoms with Gasteiger partial charge in [-0.1, -0.05) is 0 Å². The highest BCUT2D eigenvalue weighted by atomic mass is 79.9. The van der Waals surface area contributed by atoms with Crippen LogP contribution < -0.4 is 5.32 Å². The van der Waals surface area contributed by atoms with Crippen molar-refractivity contribution < 1.29 is 18.0 Å². The van der Waals surface area contributed by atoms with Crippen LogP contribution in [-0.2, 0) is 6.18 Å². The summed E-state index contributed by atoms with van der Waals surface area (Å²) >= 11 is 3.10. The lowest BCUT2D eigenvalue weighted by Crippen LogP contribution is -2.74. The van der Waals surface area contributed by atoms with Crippen molar-refractivity contribution in [3.05, 3.63) is 33.8 Å². The van der Waals surface area contributed by atoms with E-state index in [4.69, 9.17) is 5.26 Å². The fraction of sp³-hybridized carbons (Fsp3) is 0.429. The number of benzene rings is 1. The van der Waals surface area contributed by atoms with Gasteiger partial charge in [-0.15, -0.1) is 0 Å². The third-order valence-electron chi connectivity index (χ3n) is 4.18. The summed E-state index contributed by atoms with van der Waals surface area (Å²) in [4.78, 5) is 12.2. The highest BCUT2D eigenvalue weighted by Crippen LogP contribution is 2.66. The molecule has 3 aliphatic carbocycles. The van der Waals surface area contributed by atoms with Gasteiger partial charge in [-0.2, -0.15) is 18.4 Å². The largest absolute Gasteiger partial charge is 0.416 e. The molecule has 110 valence electrons. The molecule has 1 aromatic carbocycles. The van der Waals surface area contributed by atoms with Crippen LogP contribution in [0.4, 0.5) is 13.2 Å². The van der Waals surface area contributed by atoms with Gasteiger partial charge in [0.25, 0.3) is 5.91 Å². The van der Waals surface area contributed by atoms with Crippen molar-refractivity contribution >= 4 is 21.8 Å². The van der Waals surface area contributed by atoms with E-state index in [-0.39, 0.29) is 11.0 Å². The number of carbonyl (C=O) groups excluding carboxylic acids is 1. The zero-order chi connectivity index (χ0) is 15.5. The number of alkyl halides is 3. The van der Waals surface area contributed by atoms with E-state index < -0.39 is 23.2 Å². The monoisotopic (exact) mass is 358 g/mol. The molecule has 3 nitrogen and oxygen atoms in total. The van der Waals surface area contributed by atoms with Gasteiger partial charge in [0, 0.05) is 10.0 Å². The van der Waals surface area contributed by atoms with Crippen molar-refractivity contribution in [2.75, 3.05) is 0 Å². The van der Waals surface area contributed by atoms with Crippen LogP contribution >= 0.6 is 15.9 Å². The Morgan fingerprint density at radius 2 is 1.95 bits per heavy atom. The smallest absolute Gasteiger partial charge is 0.346 e. The van der Waals surface area contributed by atoms with E-state index in [0.29, 0.717) is 23.7 Å². The summed E-state index contributed by atoms with van der Waals surface area (Å²) in [6.07, 6.45) is -2.74. The molecule has 1 aromatic rings. The van der Waals surface area contributed by atoms with Crippen LogP contribution in [0.15, 0.2) is 22.7 Å². The quantitative estimate of drug-likeness (QED) is 0.877. The molecule has 0 spiro atoms. The van der Waals surface area contributed by atoms with E-state index >= 15 is 0 Å². The van der Waals surface area contributed by atoms with E-state index in [0.717, 1.165) is 12.1 Å². The maximum Gasteiger partial charge on any atom is 0.416 e. The molecule has 2 bridgehead atoms. The van der Waals surface area contributed by atoms with Crippen LogP contribution in [0.1, 0.15) is 35.2 Å². The second kappa shape index (κ2) is 4.23. The van der Waals surface area contributed by atoms with Gasteiger partial charge in [0.15, 0.2) is 0 Å². The third-order valence-corrected chi connectivity index (χ3v) is 4.88. The van der Waals surface area contributed by atoms with E-state index in [2.05, 4.69) is 27.3 Å². The molecule has 0 atom stereocenters. The fourth-order valence-electron chi connectivity index (χ4n) is 3.22. The van der Waals surface area contributed by atoms with E-state index in [1.54, 1.807) is 0 Å². The lowest BCUT2D eigenvalue weighted by molar-refractivity contribution is -0.137. The molecule has 7 heteroatoms. The van der Waals surface area contributed by atoms with Crippen LogP contribution in [0.2, 0.25) is 0 Å². The van der Waals surface area contributed by atoms with Gasteiger partial charge in [0.05, 0.1) is 22.6 Å². The maximum absolute atomic E-state index is 12.7. The lowest BCUT2D eigenvalue weighted by Gasteiger charge is -2.66. The van der Waals surface area contributed by atoms with Crippen LogP contribution in [-0.4, -0.2) is 11.4 Å². The van der Waals surface area contributed by atoms with Gasteiger partial charge >= 0.3 is 6.18 Å². The number of halogens is 4. The number of hydrogen-bond acceptors (Lipinski definition) is 2. The second-order valence-corrected chi connectivity index (χ2v) is 6.70. The zero-order valence-electron chi connectivity index (χ0n) is 10.7. The first kappa shape index (κ1) is 14.4. The minimum Gasteiger partial charge on any atom is -0.346 e. The molecular formula is C14H10BrF3N2O. The Bertz CT molecular complexity index is 658. The normalized spacial score (nSPS) is 29.9. The predicted octanol–water partition coefficient (Wildman–Crippen LogP) is 3.64. The SMILES string of the molecule is N#CC12CC(NC(=O)c3cc(C(F)(F)F)ccc3Br)(C1)C2. The van der Waals surface area contributed by atoms with E-state index in [9.17, 15) is 18.0 Å². The first-order valence-corrected chi connectivity index (χ1v) is 7.09. The zero-order valence-corrected chi connectivity index (χ0v) is 12.3. The number of carbonyl (C=O) groups is 1. The first-order valence-electron chi connectivity index (χ1n) is 6.29. The molecule has 0 heterocycles. The highest BCUT2D eigenvalue weighted by Gasteiger charge is 2.69. The molecule has 0 aliphatic heterocycles. The van der Waals surface area contributed by atoms with Crippen molar-refractivity contribution in [1.82, 2.24) is 5.32 Å². The van der Waals surface area contributed by atoms with Gasteiger partial charge < -0.3 is 5.32 Å². The molecule has 1 N–H and O–H groups in total. The Labute approximate surface area is 127 Å². The lowest BCUT2D eigenvalue weighted by atomic mass is 9.40. The maximum atomic E-state index is 12.7. The standard InChI is InChI=1S/C14H10BrF3N2O/c15-10-2-1-8(14(16,17)18)3-9(10)11(21)20-13-4-12(5-13,6-13)7-19/h1-3H,4-6H2,(H,20,21). The molecule has 3 saturated carbocycles. The van der Waals surface area contributed by atoms with Gasteiger partial charge in [0.1, 0.15) is 0 Å². The molecule has 3 fully saturated rings. The molecule has 0 aromatic heterocycles. The summed E-state index contributed by atoms with van der Waals surface area (Å²) in [7, 11) is 0. The van der Waals surface area contributed by atoms with E-state index in [1.165, 1.54) is 6.07 Å². The van der Waals surface area contributed by atoms with Gasteiger partial charge in [-0.3, -0.25) is 4.79 Å². The van der Waals surface area contributed by atoms with Crippen molar-refractivity contribution in [3.8, 4) is 6.07 Å². The molecule has 0 radical (unpaired) electrons. The van der Waals surface area contributed by atoms with Crippen molar-refractivity contribution in [3.63, 3.8) is 0 Å². The molecule has 21 heavy (non-hydrogen) atoms. The molecule has 0 unspecified atom stereocenters. The number of nitrogens with zero attached hydrogens (tertiary/aromatic N) is 1. The van der Waals surface area contributed by atoms with Crippen molar-refractivity contribution in [1.29, 1.82) is 5.26 Å². The van der Waals surface area contributed by atoms with Crippen molar-refractivity contribution in [2.24, 2.45) is 5.41 Å². The summed E-state index contributed by atoms with van der Waals surface area (Å²) in [5.41, 5.74) is -1.62. The number of rotatable bonds is 2. The van der Waals surface area contributed by atoms with Crippen LogP contribution in [0, 0.1) is 16.7 Å². The Hall–Kier alpha value is -1.55. The van der Waals surface area contributed by atoms with Crippen LogP contribution in [0.25, 0.3) is 0 Å². The Morgan fingerprint density at radius 1 is 1.33 bits per heavy atom. The topological polar surface area (TPSA) is 52.9 Å². The van der Waals surface area contributed by atoms with E-state index in [1.807, 2.05) is 0 Å². The number of nitrogens with one attached hydrogen (secondary N) is 1. The average Bonchev–Trinajstić information content (AvgIpc) is 2.30. The minimum absolute atomic E-state index is 0.0412. The number of hydrogen-bond donors (Lipinski definition) is 1. The Kier molecular flexibility index (Phi) is 2.90. The molecule has 4 rings (SSSR count). The third kappa shape index (κ3) is 2.22. The highest BCUT2D eigenvalue weighted by molar-refractivity contribution is 9.10. The average molecular weight is 359 g/mol. The van der Waals surface area contributed by atoms with Gasteiger partial charge in [-0.05, 0) is 53.4 Å². The Balaban J connectivity index is 1.78. The molecule has 3 aliphatic rings. The van der Waals surface area contributed by atoms with Gasteiger partial charge in [0.2, 0.25) is 0 Å².